The van der Waals surface area contributed by atoms with Crippen LogP contribution in [0.5, 0.6) is 0 Å². The fourth-order valence-corrected chi connectivity index (χ4v) is 3.86. The molecule has 0 fully saturated rings. The van der Waals surface area contributed by atoms with Crippen LogP contribution in [-0.4, -0.2) is 38.7 Å². The van der Waals surface area contributed by atoms with Gasteiger partial charge in [-0.25, -0.2) is 19.6 Å². The number of esters is 1. The summed E-state index contributed by atoms with van der Waals surface area (Å²) >= 11 is -11.2. The normalized spacial score (nSPS) is 12.4. The predicted octanol–water partition coefficient (Wildman–Crippen LogP) is 5.44. The molecular formula is C18H20F6O2PPdSb. The molecule has 2 aromatic rings. The first-order valence-corrected chi connectivity index (χ1v) is 14.9. The van der Waals surface area contributed by atoms with E-state index in [1.807, 2.05) is 36.4 Å². The third kappa shape index (κ3) is 20.1. The van der Waals surface area contributed by atoms with Gasteiger partial charge in [-0.05, 0) is 18.5 Å². The number of allylic oxidation sites excluding steroid dienone is 1. The Morgan fingerprint density at radius 1 is 0.966 bits per heavy atom. The Morgan fingerprint density at radius 3 is 1.48 bits per heavy atom. The van der Waals surface area contributed by atoms with E-state index in [0.29, 0.717) is 6.16 Å². The molecule has 2 aromatic carbocycles. The number of carbonyl (C=O) groups is 1. The standard InChI is InChI=1S/C15H15O2P.C3H5.6FH.Pd.Sb/c1-17-15(16)12-18(13-8-4-2-5-9-13)14-10-6-3-7-11-14;1-3-2;;;;;;;;/h2-11H,12H2,1H3;3H,1-2H2;6*1H;;/q;-1;;;;;;;+2;+5/p-6. The van der Waals surface area contributed by atoms with E-state index in [1.54, 1.807) is 0 Å². The van der Waals surface area contributed by atoms with Crippen molar-refractivity contribution in [1.29, 1.82) is 0 Å². The molecule has 0 spiro atoms. The van der Waals surface area contributed by atoms with Crippen molar-refractivity contribution in [1.82, 2.24) is 0 Å². The molecule has 0 heterocycles. The van der Waals surface area contributed by atoms with E-state index in [1.165, 1.54) is 23.8 Å². The Labute approximate surface area is 183 Å². The molecule has 2 nitrogen and oxygen atoms in total. The number of rotatable bonds is 4. The van der Waals surface area contributed by atoms with Crippen LogP contribution in [0.3, 0.4) is 0 Å². The summed E-state index contributed by atoms with van der Waals surface area (Å²) in [6.45, 7) is 6.50. The van der Waals surface area contributed by atoms with E-state index >= 15 is 0 Å². The zero-order valence-corrected chi connectivity index (χ0v) is 20.3. The molecule has 0 amide bonds. The maximum atomic E-state index is 11.6. The molecule has 29 heavy (non-hydrogen) atoms. The number of carbonyl (C=O) groups excluding carboxylic acids is 1. The second-order valence-electron chi connectivity index (χ2n) is 5.08. The minimum Gasteiger partial charge on any atom is 2.00 e. The zero-order chi connectivity index (χ0) is 21.9. The zero-order valence-electron chi connectivity index (χ0n) is 15.3. The largest absolute Gasteiger partial charge is 2.00 e. The fraction of sp³-hybridized carbons (Fsp3) is 0.111. The van der Waals surface area contributed by atoms with Crippen LogP contribution in [0, 0.1) is 6.92 Å². The summed E-state index contributed by atoms with van der Waals surface area (Å²) in [5.41, 5.74) is 0. The van der Waals surface area contributed by atoms with Gasteiger partial charge >= 0.3 is 62.7 Å². The van der Waals surface area contributed by atoms with Crippen LogP contribution < -0.4 is 10.6 Å². The third-order valence-corrected chi connectivity index (χ3v) is 5.07. The first-order chi connectivity index (χ1) is 12.7. The smallest absolute Gasteiger partial charge is 2.00 e. The van der Waals surface area contributed by atoms with Crippen LogP contribution in [0.4, 0.5) is 16.9 Å². The van der Waals surface area contributed by atoms with Crippen molar-refractivity contribution in [3.8, 4) is 0 Å². The average molecular weight is 641 g/mol. The minimum absolute atomic E-state index is 0. The van der Waals surface area contributed by atoms with Crippen LogP contribution in [0.15, 0.2) is 73.3 Å². The average Bonchev–Trinajstić information content (AvgIpc) is 2.59. The van der Waals surface area contributed by atoms with E-state index < -0.39 is 27.4 Å². The van der Waals surface area contributed by atoms with Gasteiger partial charge in [0.2, 0.25) is 0 Å². The molecule has 0 aliphatic heterocycles. The molecule has 0 atom stereocenters. The summed E-state index contributed by atoms with van der Waals surface area (Å²) in [7, 11) is 0.766. The molecule has 0 bridgehead atoms. The number of halogens is 6. The van der Waals surface area contributed by atoms with Gasteiger partial charge in [0.1, 0.15) is 0 Å². The van der Waals surface area contributed by atoms with Gasteiger partial charge in [-0.15, -0.1) is 0 Å². The van der Waals surface area contributed by atoms with Crippen molar-refractivity contribution in [3.63, 3.8) is 0 Å². The van der Waals surface area contributed by atoms with Gasteiger partial charge in [0.15, 0.2) is 0 Å². The SMILES string of the molecule is C=C[CH2-].COC(=O)CP(c1ccccc1)c1ccccc1.[F][Sb-]([F])([F])([F])([F])[F].[Pd+2]. The molecule has 0 saturated carbocycles. The van der Waals surface area contributed by atoms with E-state index in [-0.39, 0.29) is 26.4 Å². The Morgan fingerprint density at radius 2 is 1.24 bits per heavy atom. The Balaban J connectivity index is 0. The fourth-order valence-electron chi connectivity index (χ4n) is 1.74. The van der Waals surface area contributed by atoms with E-state index in [4.69, 9.17) is 4.74 Å². The van der Waals surface area contributed by atoms with Crippen molar-refractivity contribution in [2.75, 3.05) is 13.3 Å². The van der Waals surface area contributed by atoms with Gasteiger partial charge in [0.05, 0.1) is 13.3 Å². The molecule has 11 heteroatoms. The van der Waals surface area contributed by atoms with Crippen LogP contribution in [0.2, 0.25) is 0 Å². The quantitative estimate of drug-likeness (QED) is 0.146. The van der Waals surface area contributed by atoms with E-state index in [2.05, 4.69) is 37.8 Å². The molecule has 0 aromatic heterocycles. The van der Waals surface area contributed by atoms with Crippen LogP contribution in [-0.2, 0) is 30.0 Å². The van der Waals surface area contributed by atoms with Crippen molar-refractivity contribution in [2.24, 2.45) is 0 Å². The van der Waals surface area contributed by atoms with E-state index in [0.717, 1.165) is 0 Å². The van der Waals surface area contributed by atoms with Crippen molar-refractivity contribution >= 4 is 44.0 Å². The van der Waals surface area contributed by atoms with Gasteiger partial charge in [-0.1, -0.05) is 60.7 Å². The van der Waals surface area contributed by atoms with Crippen molar-refractivity contribution in [2.45, 2.75) is 0 Å². The summed E-state index contributed by atoms with van der Waals surface area (Å²) < 4.78 is 64.4. The van der Waals surface area contributed by atoms with E-state index in [9.17, 15) is 21.7 Å². The summed E-state index contributed by atoms with van der Waals surface area (Å²) in [6, 6.07) is 20.3. The second kappa shape index (κ2) is 12.0. The molecule has 0 saturated heterocycles. The summed E-state index contributed by atoms with van der Waals surface area (Å²) in [5, 5.41) is 2.40. The molecule has 0 aliphatic rings. The maximum Gasteiger partial charge on any atom is 2.00 e. The number of ether oxygens (including phenoxy) is 1. The maximum absolute atomic E-state index is 11.6. The van der Waals surface area contributed by atoms with Gasteiger partial charge in [-0.3, -0.25) is 4.79 Å². The predicted molar refractivity (Wildman–Crippen MR) is 104 cm³/mol. The first-order valence-electron chi connectivity index (χ1n) is 7.59. The molecular weight excluding hydrogens is 621 g/mol. The topological polar surface area (TPSA) is 26.3 Å². The van der Waals surface area contributed by atoms with Crippen molar-refractivity contribution in [3.05, 3.63) is 80.2 Å². The first kappa shape index (κ1) is 30.2. The summed E-state index contributed by atoms with van der Waals surface area (Å²) in [4.78, 5) is 11.6. The molecule has 2 rings (SSSR count). The van der Waals surface area contributed by atoms with Crippen LogP contribution >= 0.6 is 7.92 Å². The number of benzene rings is 2. The van der Waals surface area contributed by atoms with Gasteiger partial charge in [0.25, 0.3) is 0 Å². The number of hydrogen-bond acceptors (Lipinski definition) is 2. The van der Waals surface area contributed by atoms with Gasteiger partial charge < -0.3 is 4.74 Å². The summed E-state index contributed by atoms with van der Waals surface area (Å²) in [5.74, 6) is -0.159. The van der Waals surface area contributed by atoms with Gasteiger partial charge in [0, 0.05) is 0 Å². The molecule has 0 aliphatic carbocycles. The Hall–Kier alpha value is -0.989. The molecule has 166 valence electrons. The number of methoxy groups -OCH3 is 1. The third-order valence-electron chi connectivity index (χ3n) is 2.65. The monoisotopic (exact) mass is 640 g/mol. The number of hydrogen-bond donors (Lipinski definition) is 0. The molecule has 0 N–H and O–H groups in total. The Kier molecular flexibility index (Phi) is 12.5. The van der Waals surface area contributed by atoms with Crippen molar-refractivity contribution < 1.29 is 46.8 Å². The van der Waals surface area contributed by atoms with Crippen LogP contribution in [0.25, 0.3) is 0 Å². The minimum atomic E-state index is -11.2. The van der Waals surface area contributed by atoms with Gasteiger partial charge in [-0.2, -0.15) is 0 Å². The van der Waals surface area contributed by atoms with Crippen LogP contribution in [0.1, 0.15) is 0 Å². The second-order valence-corrected chi connectivity index (χ2v) is 12.8. The summed E-state index contributed by atoms with van der Waals surface area (Å²) in [6.07, 6.45) is 1.93. The Bertz CT molecular complexity index is 692. The molecule has 0 unspecified atom stereocenters. The molecule has 0 radical (unpaired) electrons.